The molecule has 1 aliphatic carbocycles. The Balaban J connectivity index is 2.53. The van der Waals surface area contributed by atoms with E-state index >= 15 is 0 Å². The molecule has 0 aromatic rings. The van der Waals surface area contributed by atoms with E-state index in [-0.39, 0.29) is 0 Å². The van der Waals surface area contributed by atoms with E-state index < -0.39 is 11.4 Å². The number of carboxylic acid groups (broad SMARTS) is 1. The van der Waals surface area contributed by atoms with Crippen LogP contribution in [-0.4, -0.2) is 11.1 Å². The molecule has 10 heavy (non-hydrogen) atoms. The van der Waals surface area contributed by atoms with Crippen LogP contribution < -0.4 is 0 Å². The highest BCUT2D eigenvalue weighted by molar-refractivity contribution is 5.80. The summed E-state index contributed by atoms with van der Waals surface area (Å²) in [5, 5.41) is 8.68. The first kappa shape index (κ1) is 7.32. The van der Waals surface area contributed by atoms with Crippen LogP contribution in [0.15, 0.2) is 12.2 Å². The highest BCUT2D eigenvalue weighted by Gasteiger charge is 2.47. The fraction of sp³-hybridized carbons (Fsp3) is 0.625. The van der Waals surface area contributed by atoms with Crippen LogP contribution in [0.3, 0.4) is 0 Å². The maximum Gasteiger partial charge on any atom is 0.313 e. The van der Waals surface area contributed by atoms with E-state index in [0.29, 0.717) is 0 Å². The summed E-state index contributed by atoms with van der Waals surface area (Å²) in [4.78, 5) is 10.5. The summed E-state index contributed by atoms with van der Waals surface area (Å²) in [6.07, 6.45) is 6.32. The molecule has 56 valence electrons. The first-order valence-electron chi connectivity index (χ1n) is 3.62. The minimum atomic E-state index is -0.669. The second kappa shape index (κ2) is 2.45. The van der Waals surface area contributed by atoms with Crippen LogP contribution in [0.5, 0.6) is 0 Å². The molecule has 1 fully saturated rings. The van der Waals surface area contributed by atoms with Crippen LogP contribution in [0, 0.1) is 5.41 Å². The van der Waals surface area contributed by atoms with Gasteiger partial charge in [0.1, 0.15) is 0 Å². The third-order valence-electron chi connectivity index (χ3n) is 1.89. The molecule has 0 aliphatic heterocycles. The van der Waals surface area contributed by atoms with Crippen molar-refractivity contribution in [3.63, 3.8) is 0 Å². The van der Waals surface area contributed by atoms with Gasteiger partial charge >= 0.3 is 5.97 Å². The van der Waals surface area contributed by atoms with Gasteiger partial charge in [-0.25, -0.2) is 0 Å². The summed E-state index contributed by atoms with van der Waals surface area (Å²) in [5.41, 5.74) is -0.462. The molecule has 0 heterocycles. The quantitative estimate of drug-likeness (QED) is 0.607. The number of hydrogen-bond acceptors (Lipinski definition) is 1. The number of hydrogen-bond donors (Lipinski definition) is 1. The minimum absolute atomic E-state index is 0.462. The van der Waals surface area contributed by atoms with Crippen LogP contribution in [-0.2, 0) is 4.79 Å². The summed E-state index contributed by atoms with van der Waals surface area (Å²) < 4.78 is 0. The Kier molecular flexibility index (Phi) is 1.79. The molecule has 2 nitrogen and oxygen atoms in total. The smallest absolute Gasteiger partial charge is 0.313 e. The highest BCUT2D eigenvalue weighted by atomic mass is 16.4. The lowest BCUT2D eigenvalue weighted by atomic mass is 10.1. The molecule has 0 aromatic carbocycles. The Morgan fingerprint density at radius 3 is 2.60 bits per heavy atom. The van der Waals surface area contributed by atoms with Crippen molar-refractivity contribution in [2.75, 3.05) is 0 Å². The summed E-state index contributed by atoms with van der Waals surface area (Å²) >= 11 is 0. The second-order valence-corrected chi connectivity index (χ2v) is 2.77. The Bertz CT molecular complexity index is 166. The summed E-state index contributed by atoms with van der Waals surface area (Å²) in [7, 11) is 0. The molecule has 0 aromatic heterocycles. The molecule has 0 spiro atoms. The first-order chi connectivity index (χ1) is 4.71. The lowest BCUT2D eigenvalue weighted by molar-refractivity contribution is -0.141. The van der Waals surface area contributed by atoms with Gasteiger partial charge in [-0.15, -0.1) is 0 Å². The predicted octanol–water partition coefficient (Wildman–Crippen LogP) is 1.82. The van der Waals surface area contributed by atoms with Crippen molar-refractivity contribution in [2.24, 2.45) is 5.41 Å². The number of rotatable bonds is 3. The van der Waals surface area contributed by atoms with Gasteiger partial charge in [0.2, 0.25) is 0 Å². The van der Waals surface area contributed by atoms with Crippen molar-refractivity contribution < 1.29 is 9.90 Å². The zero-order valence-electron chi connectivity index (χ0n) is 6.13. The minimum Gasteiger partial charge on any atom is -0.481 e. The van der Waals surface area contributed by atoms with Crippen molar-refractivity contribution in [3.8, 4) is 0 Å². The number of carboxylic acids is 1. The molecule has 0 unspecified atom stereocenters. The van der Waals surface area contributed by atoms with Gasteiger partial charge in [0, 0.05) is 0 Å². The number of carbonyl (C=O) groups is 1. The highest BCUT2D eigenvalue weighted by Crippen LogP contribution is 2.47. The topological polar surface area (TPSA) is 37.3 Å². The van der Waals surface area contributed by atoms with Gasteiger partial charge < -0.3 is 5.11 Å². The van der Waals surface area contributed by atoms with Crippen LogP contribution in [0.1, 0.15) is 26.2 Å². The molecular weight excluding hydrogens is 128 g/mol. The molecule has 1 aliphatic rings. The van der Waals surface area contributed by atoms with E-state index in [1.54, 1.807) is 0 Å². The van der Waals surface area contributed by atoms with E-state index in [4.69, 9.17) is 5.11 Å². The van der Waals surface area contributed by atoms with Gasteiger partial charge in [-0.1, -0.05) is 19.1 Å². The normalized spacial score (nSPS) is 21.3. The van der Waals surface area contributed by atoms with Gasteiger partial charge in [-0.2, -0.15) is 0 Å². The van der Waals surface area contributed by atoms with Crippen LogP contribution in [0.25, 0.3) is 0 Å². The zero-order chi connectivity index (χ0) is 7.61. The molecule has 1 saturated carbocycles. The van der Waals surface area contributed by atoms with Gasteiger partial charge in [-0.3, -0.25) is 4.79 Å². The molecule has 0 saturated heterocycles. The largest absolute Gasteiger partial charge is 0.481 e. The van der Waals surface area contributed by atoms with E-state index in [2.05, 4.69) is 0 Å². The maximum absolute atomic E-state index is 10.5. The van der Waals surface area contributed by atoms with Crippen molar-refractivity contribution in [1.29, 1.82) is 0 Å². The standard InChI is InChI=1S/C8H12O2/c1-2-3-4-8(5-6-8)7(9)10/h3-4H,2,5-6H2,1H3,(H,9,10)/b4-3+. The van der Waals surface area contributed by atoms with E-state index in [1.165, 1.54) is 0 Å². The summed E-state index contributed by atoms with van der Waals surface area (Å²) in [6, 6.07) is 0. The van der Waals surface area contributed by atoms with Crippen molar-refractivity contribution >= 4 is 5.97 Å². The fourth-order valence-electron chi connectivity index (χ4n) is 0.930. The Morgan fingerprint density at radius 1 is 1.70 bits per heavy atom. The predicted molar refractivity (Wildman–Crippen MR) is 38.7 cm³/mol. The van der Waals surface area contributed by atoms with E-state index in [1.807, 2.05) is 19.1 Å². The lowest BCUT2D eigenvalue weighted by Crippen LogP contribution is -2.10. The fourth-order valence-corrected chi connectivity index (χ4v) is 0.930. The Morgan fingerprint density at radius 2 is 2.30 bits per heavy atom. The van der Waals surface area contributed by atoms with Gasteiger partial charge in [0.15, 0.2) is 0 Å². The average molecular weight is 140 g/mol. The first-order valence-corrected chi connectivity index (χ1v) is 3.62. The van der Waals surface area contributed by atoms with Crippen molar-refractivity contribution in [1.82, 2.24) is 0 Å². The summed E-state index contributed by atoms with van der Waals surface area (Å²) in [6.45, 7) is 2.01. The lowest BCUT2D eigenvalue weighted by Gasteiger charge is -1.99. The van der Waals surface area contributed by atoms with Crippen LogP contribution in [0.4, 0.5) is 0 Å². The number of aliphatic carboxylic acids is 1. The Labute approximate surface area is 60.6 Å². The molecule has 1 N–H and O–H groups in total. The van der Waals surface area contributed by atoms with Gasteiger partial charge in [-0.05, 0) is 19.3 Å². The molecule has 0 bridgehead atoms. The van der Waals surface area contributed by atoms with E-state index in [9.17, 15) is 4.79 Å². The van der Waals surface area contributed by atoms with E-state index in [0.717, 1.165) is 19.3 Å². The molecule has 0 amide bonds. The maximum atomic E-state index is 10.5. The molecule has 1 rings (SSSR count). The molecule has 0 atom stereocenters. The SMILES string of the molecule is CC/C=C/C1(C(=O)O)CC1. The third-order valence-corrected chi connectivity index (χ3v) is 1.89. The van der Waals surface area contributed by atoms with Crippen molar-refractivity contribution in [3.05, 3.63) is 12.2 Å². The molecule has 2 heteroatoms. The van der Waals surface area contributed by atoms with Crippen LogP contribution >= 0.6 is 0 Å². The Hall–Kier alpha value is -0.790. The average Bonchev–Trinajstić information content (AvgIpc) is 2.64. The number of allylic oxidation sites excluding steroid dienone is 1. The van der Waals surface area contributed by atoms with Gasteiger partial charge in [0.05, 0.1) is 5.41 Å². The molecule has 0 radical (unpaired) electrons. The van der Waals surface area contributed by atoms with Crippen molar-refractivity contribution in [2.45, 2.75) is 26.2 Å². The van der Waals surface area contributed by atoms with Gasteiger partial charge in [0.25, 0.3) is 0 Å². The zero-order valence-corrected chi connectivity index (χ0v) is 6.13. The summed E-state index contributed by atoms with van der Waals surface area (Å²) in [5.74, 6) is -0.669. The molecular formula is C8H12O2. The second-order valence-electron chi connectivity index (χ2n) is 2.77. The third kappa shape index (κ3) is 1.20. The van der Waals surface area contributed by atoms with Crippen LogP contribution in [0.2, 0.25) is 0 Å². The monoisotopic (exact) mass is 140 g/mol.